The third kappa shape index (κ3) is 20.7. The molecule has 5 aromatic rings. The van der Waals surface area contributed by atoms with Crippen LogP contribution in [-0.4, -0.2) is 207 Å². The average molecular weight is 1360 g/mol. The van der Waals surface area contributed by atoms with Gasteiger partial charge in [0.2, 0.25) is 53.2 Å². The van der Waals surface area contributed by atoms with Gasteiger partial charge in [0, 0.05) is 96.7 Å². The summed E-state index contributed by atoms with van der Waals surface area (Å²) in [6.07, 6.45) is 9.59. The minimum atomic E-state index is -1.35. The van der Waals surface area contributed by atoms with Gasteiger partial charge in [-0.2, -0.15) is 11.8 Å². The van der Waals surface area contributed by atoms with Gasteiger partial charge in [-0.15, -0.1) is 5.10 Å². The molecule has 3 fully saturated rings. The second kappa shape index (κ2) is 35.6. The van der Waals surface area contributed by atoms with Crippen molar-refractivity contribution in [3.63, 3.8) is 0 Å². The molecule has 9 rings (SSSR count). The van der Waals surface area contributed by atoms with Crippen molar-refractivity contribution in [2.24, 2.45) is 17.6 Å². The van der Waals surface area contributed by atoms with E-state index in [9.17, 15) is 47.9 Å². The number of thioether (sulfide) groups is 1. The van der Waals surface area contributed by atoms with E-state index >= 15 is 0 Å². The number of carbonyl (C=O) groups is 10. The van der Waals surface area contributed by atoms with E-state index in [4.69, 9.17) is 19.9 Å². The van der Waals surface area contributed by atoms with Crippen LogP contribution < -0.4 is 53.6 Å². The number of ether oxygens (including phenoxy) is 3. The molecule has 0 saturated carbocycles. The molecular formula is C67H94N16O13S. The number of nitrogens with zero attached hydrogens (tertiary/aromatic N) is 4. The van der Waals surface area contributed by atoms with E-state index in [0.717, 1.165) is 46.8 Å². The molecule has 3 aromatic heterocycles. The molecule has 526 valence electrons. The number of rotatable bonds is 25. The Morgan fingerprint density at radius 3 is 2.00 bits per heavy atom. The molecule has 29 nitrogen and oxygen atoms in total. The number of H-pyrrole nitrogens is 2. The zero-order chi connectivity index (χ0) is 69.0. The third-order valence-electron chi connectivity index (χ3n) is 17.9. The van der Waals surface area contributed by atoms with Gasteiger partial charge in [0.15, 0.2) is 0 Å². The number of nitrogens with one attached hydrogen (secondary N) is 11. The number of amides is 11. The number of carbonyl (C=O) groups excluding carboxylic acids is 10. The van der Waals surface area contributed by atoms with Crippen LogP contribution >= 0.6 is 11.8 Å². The molecule has 1 unspecified atom stereocenters. The molecule has 97 heavy (non-hydrogen) atoms. The van der Waals surface area contributed by atoms with Crippen LogP contribution in [0.1, 0.15) is 109 Å². The number of fused-ring (bicyclic) bond motifs is 6. The second-order valence-corrected chi connectivity index (χ2v) is 27.4. The molecule has 13 N–H and O–H groups in total. The zero-order valence-electron chi connectivity index (χ0n) is 55.6. The van der Waals surface area contributed by atoms with Crippen molar-refractivity contribution in [2.45, 2.75) is 177 Å². The highest BCUT2D eigenvalue weighted by atomic mass is 32.2. The molecule has 2 bridgehead atoms. The molecule has 30 heteroatoms. The smallest absolute Gasteiger partial charge is 0.315 e. The fraction of sp³-hybridized carbons (Fsp3) is 0.582. The Balaban J connectivity index is 0.861. The predicted molar refractivity (Wildman–Crippen MR) is 361 cm³/mol. The standard InChI is InChI=1S/C67H94N16O13S/c1-39(2)30-49-61(87)74-50(31-41-34-70-46-16-7-5-14-44(41)46)62(88)73-48(60(68)86)18-11-12-23-82-36-43(80-81-82)33-52(72-57(85)37-96-29-28-95-27-26-94-25-22-69-56(84)21-10-9-20-55-59-53(38-97-55)77-67(93)79-59)63(89)75-51(32-42-35-71-47-17-8-6-15-45(42)47)64(90)78-58(40(3)4)66(92)83-24-13-19-54(83)65(91)76-49/h5-8,14-17,34-36,39-40,48-55,58-59,70-71H,9-13,18-33,37-38H2,1-4H3,(H2,68,86)(H,69,84)(H,72,85)(H,73,88)(H,74,87)(H,75,89)(H,76,91)(H,78,90)(H2,77,79,93)/t48-,49+,50+,51+,52-,53+,54+,55?,58+,59+/m0/s1. The Morgan fingerprint density at radius 1 is 0.680 bits per heavy atom. The van der Waals surface area contributed by atoms with Crippen LogP contribution in [0.3, 0.4) is 0 Å². The monoisotopic (exact) mass is 1360 g/mol. The van der Waals surface area contributed by atoms with Gasteiger partial charge in [0.05, 0.1) is 50.8 Å². The van der Waals surface area contributed by atoms with E-state index in [2.05, 4.69) is 68.1 Å². The largest absolute Gasteiger partial charge is 0.377 e. The molecule has 4 aliphatic rings. The summed E-state index contributed by atoms with van der Waals surface area (Å²) in [5.74, 6) is -5.24. The van der Waals surface area contributed by atoms with Gasteiger partial charge >= 0.3 is 6.03 Å². The fourth-order valence-corrected chi connectivity index (χ4v) is 14.4. The predicted octanol–water partition coefficient (Wildman–Crippen LogP) is 1.43. The molecule has 2 aromatic carbocycles. The van der Waals surface area contributed by atoms with E-state index < -0.39 is 102 Å². The summed E-state index contributed by atoms with van der Waals surface area (Å²) in [5, 5.41) is 36.5. The highest BCUT2D eigenvalue weighted by Crippen LogP contribution is 2.33. The van der Waals surface area contributed by atoms with E-state index in [1.807, 2.05) is 74.1 Å². The minimum absolute atomic E-state index is 0.00539. The van der Waals surface area contributed by atoms with Gasteiger partial charge in [0.1, 0.15) is 48.9 Å². The van der Waals surface area contributed by atoms with Gasteiger partial charge in [-0.25, -0.2) is 4.79 Å². The first kappa shape index (κ1) is 72.7. The average Bonchev–Trinajstić information content (AvgIpc) is 1.74. The molecule has 4 aliphatic heterocycles. The van der Waals surface area contributed by atoms with Crippen LogP contribution in [0.25, 0.3) is 21.8 Å². The van der Waals surface area contributed by atoms with Crippen molar-refractivity contribution < 1.29 is 62.2 Å². The van der Waals surface area contributed by atoms with Gasteiger partial charge in [-0.05, 0) is 86.5 Å². The maximum absolute atomic E-state index is 15.0. The van der Waals surface area contributed by atoms with Crippen LogP contribution in [0, 0.1) is 11.8 Å². The number of unbranched alkanes of at least 4 members (excludes halogenated alkanes) is 1. The molecule has 0 aliphatic carbocycles. The maximum Gasteiger partial charge on any atom is 0.315 e. The van der Waals surface area contributed by atoms with Crippen molar-refractivity contribution in [1.82, 2.24) is 77.7 Å². The lowest BCUT2D eigenvalue weighted by Gasteiger charge is -2.32. The fourth-order valence-electron chi connectivity index (χ4n) is 12.8. The van der Waals surface area contributed by atoms with Crippen LogP contribution in [0.4, 0.5) is 4.79 Å². The maximum atomic E-state index is 15.0. The van der Waals surface area contributed by atoms with Crippen LogP contribution in [0.5, 0.6) is 0 Å². The first-order chi connectivity index (χ1) is 46.8. The first-order valence-corrected chi connectivity index (χ1v) is 34.9. The van der Waals surface area contributed by atoms with Crippen molar-refractivity contribution in [3.05, 3.63) is 83.9 Å². The number of aromatic amines is 2. The number of para-hydroxylation sites is 2. The topological polar surface area (TPSA) is 398 Å². The Hall–Kier alpha value is -8.61. The highest BCUT2D eigenvalue weighted by molar-refractivity contribution is 8.00. The van der Waals surface area contributed by atoms with Crippen LogP contribution in [0.2, 0.25) is 0 Å². The summed E-state index contributed by atoms with van der Waals surface area (Å²) in [6, 6.07) is 6.67. The molecule has 0 spiro atoms. The molecule has 3 saturated heterocycles. The van der Waals surface area contributed by atoms with Gasteiger partial charge in [-0.3, -0.25) is 47.8 Å². The lowest BCUT2D eigenvalue weighted by atomic mass is 9.99. The Labute approximate surface area is 567 Å². The number of hydrogen-bond donors (Lipinski definition) is 12. The quantitative estimate of drug-likeness (QED) is 0.0290. The summed E-state index contributed by atoms with van der Waals surface area (Å²) >= 11 is 1.85. The van der Waals surface area contributed by atoms with Crippen molar-refractivity contribution >= 4 is 92.8 Å². The van der Waals surface area contributed by atoms with E-state index in [1.165, 1.54) is 9.58 Å². The molecular weight excluding hydrogens is 1270 g/mol. The van der Waals surface area contributed by atoms with Crippen LogP contribution in [0.15, 0.2) is 67.1 Å². The van der Waals surface area contributed by atoms with E-state index in [1.54, 1.807) is 32.4 Å². The Kier molecular flexibility index (Phi) is 26.7. The lowest BCUT2D eigenvalue weighted by molar-refractivity contribution is -0.143. The number of benzene rings is 2. The molecule has 10 atom stereocenters. The summed E-state index contributed by atoms with van der Waals surface area (Å²) in [4.78, 5) is 147. The van der Waals surface area contributed by atoms with Gasteiger partial charge < -0.3 is 82.7 Å². The summed E-state index contributed by atoms with van der Waals surface area (Å²) in [7, 11) is 0. The lowest BCUT2D eigenvalue weighted by Crippen LogP contribution is -2.61. The number of primary amides is 1. The normalized spacial score (nSPS) is 24.2. The summed E-state index contributed by atoms with van der Waals surface area (Å²) in [5.41, 5.74) is 9.19. The minimum Gasteiger partial charge on any atom is -0.377 e. The summed E-state index contributed by atoms with van der Waals surface area (Å²) < 4.78 is 18.5. The first-order valence-electron chi connectivity index (χ1n) is 33.9. The number of urea groups is 1. The van der Waals surface area contributed by atoms with E-state index in [-0.39, 0.29) is 115 Å². The van der Waals surface area contributed by atoms with Crippen molar-refractivity contribution in [2.75, 3.05) is 58.5 Å². The molecule has 7 heterocycles. The number of aromatic nitrogens is 5. The number of aryl methyl sites for hydroxylation is 1. The number of nitrogens with two attached hydrogens (primary N) is 1. The Morgan fingerprint density at radius 2 is 1.32 bits per heavy atom. The van der Waals surface area contributed by atoms with Gasteiger partial charge in [-0.1, -0.05) is 75.7 Å². The summed E-state index contributed by atoms with van der Waals surface area (Å²) in [6.45, 7) is 8.47. The SMILES string of the molecule is CC(C)C[C@H]1NC(=O)[C@H]2CCCN2C(=O)[C@@H](C(C)C)NC(=O)[C@@H](Cc2c[nH]c3ccccc23)NC(=O)[C@@H](NC(=O)COCCOCCOCCNC(=O)CCCCC2SC[C@H]3NC(=O)N[C@@H]23)Cc2cn(nn2)CCCC[C@@H](C(N)=O)NC(=O)[C@@H](Cc2c[nH]c3ccccc23)NC1=O. The van der Waals surface area contributed by atoms with Crippen LogP contribution in [-0.2, 0) is 83.2 Å². The second-order valence-electron chi connectivity index (χ2n) is 26.1. The number of hydrogen-bond acceptors (Lipinski definition) is 16. The molecule has 11 amide bonds. The third-order valence-corrected chi connectivity index (χ3v) is 19.4. The van der Waals surface area contributed by atoms with Gasteiger partial charge in [0.25, 0.3) is 0 Å². The highest BCUT2D eigenvalue weighted by Gasteiger charge is 2.44. The van der Waals surface area contributed by atoms with Crippen molar-refractivity contribution in [1.29, 1.82) is 0 Å². The Bertz CT molecular complexity index is 3540. The van der Waals surface area contributed by atoms with Crippen molar-refractivity contribution in [3.8, 4) is 0 Å². The molecule has 0 radical (unpaired) electrons. The van der Waals surface area contributed by atoms with E-state index in [0.29, 0.717) is 54.3 Å². The zero-order valence-corrected chi connectivity index (χ0v) is 56.4.